The van der Waals surface area contributed by atoms with Crippen LogP contribution < -0.4 is 21.1 Å². The first-order valence-corrected chi connectivity index (χ1v) is 11.1. The molecule has 3 aromatic rings. The predicted molar refractivity (Wildman–Crippen MR) is 133 cm³/mol. The molecule has 0 aliphatic heterocycles. The zero-order valence-corrected chi connectivity index (χ0v) is 20.0. The molecule has 182 valence electrons. The number of para-hydroxylation sites is 1. The van der Waals surface area contributed by atoms with Crippen molar-refractivity contribution in [2.75, 3.05) is 38.8 Å². The largest absolute Gasteiger partial charge is 0.495 e. The normalized spacial score (nSPS) is 10.6. The monoisotopic (exact) mass is 475 g/mol. The predicted octanol–water partition coefficient (Wildman–Crippen LogP) is 2.08. The number of carbonyl (C=O) groups excluding carboxylic acids is 2. The number of aryl methyl sites for hydroxylation is 1. The van der Waals surface area contributed by atoms with E-state index < -0.39 is 11.8 Å². The number of hydrogen-bond acceptors (Lipinski definition) is 7. The van der Waals surface area contributed by atoms with Gasteiger partial charge >= 0.3 is 11.8 Å². The summed E-state index contributed by atoms with van der Waals surface area (Å²) in [6, 6.07) is 16.8. The van der Waals surface area contributed by atoms with Gasteiger partial charge in [0.1, 0.15) is 23.2 Å². The molecule has 0 spiro atoms. The Hall–Kier alpha value is -4.36. The van der Waals surface area contributed by atoms with Crippen molar-refractivity contribution in [2.24, 2.45) is 0 Å². The van der Waals surface area contributed by atoms with E-state index in [1.54, 1.807) is 12.1 Å². The zero-order valence-electron chi connectivity index (χ0n) is 20.0. The number of nitrogens with two attached hydrogens (primary N) is 1. The molecule has 0 saturated carbocycles. The summed E-state index contributed by atoms with van der Waals surface area (Å²) in [7, 11) is 5.38. The Bertz CT molecular complexity index is 1230. The van der Waals surface area contributed by atoms with Gasteiger partial charge in [0, 0.05) is 13.1 Å². The molecule has 10 nitrogen and oxygen atoms in total. The van der Waals surface area contributed by atoms with E-state index in [2.05, 4.69) is 21.8 Å². The molecule has 35 heavy (non-hydrogen) atoms. The van der Waals surface area contributed by atoms with Crippen molar-refractivity contribution in [3.8, 4) is 17.5 Å². The van der Waals surface area contributed by atoms with E-state index in [9.17, 15) is 14.9 Å². The van der Waals surface area contributed by atoms with Crippen molar-refractivity contribution in [2.45, 2.75) is 19.4 Å². The van der Waals surface area contributed by atoms with Gasteiger partial charge in [0.2, 0.25) is 0 Å². The molecule has 2 amide bonds. The van der Waals surface area contributed by atoms with Crippen LogP contribution in [0.2, 0.25) is 0 Å². The molecular formula is C25H29N7O3. The Morgan fingerprint density at radius 1 is 1.17 bits per heavy atom. The van der Waals surface area contributed by atoms with Crippen molar-refractivity contribution >= 4 is 23.3 Å². The highest BCUT2D eigenvalue weighted by Crippen LogP contribution is 2.26. The molecule has 0 saturated heterocycles. The zero-order chi connectivity index (χ0) is 25.4. The first-order valence-electron chi connectivity index (χ1n) is 11.1. The molecular weight excluding hydrogens is 446 g/mol. The molecule has 0 bridgehead atoms. The summed E-state index contributed by atoms with van der Waals surface area (Å²) < 4.78 is 6.82. The third-order valence-electron chi connectivity index (χ3n) is 5.20. The van der Waals surface area contributed by atoms with Gasteiger partial charge in [-0.25, -0.2) is 4.68 Å². The minimum absolute atomic E-state index is 0.229. The van der Waals surface area contributed by atoms with E-state index in [1.165, 1.54) is 11.8 Å². The summed E-state index contributed by atoms with van der Waals surface area (Å²) >= 11 is 0. The second kappa shape index (κ2) is 11.7. The number of benzene rings is 2. The van der Waals surface area contributed by atoms with Gasteiger partial charge in [-0.3, -0.25) is 9.59 Å². The summed E-state index contributed by atoms with van der Waals surface area (Å²) in [6.45, 7) is 0.904. The molecule has 3 rings (SSSR count). The number of aromatic nitrogens is 2. The van der Waals surface area contributed by atoms with E-state index in [0.29, 0.717) is 42.1 Å². The lowest BCUT2D eigenvalue weighted by Gasteiger charge is -2.14. The van der Waals surface area contributed by atoms with Crippen LogP contribution in [0.3, 0.4) is 0 Å². The van der Waals surface area contributed by atoms with Crippen LogP contribution >= 0.6 is 0 Å². The number of nitrogen functional groups attached to an aromatic ring is 1. The minimum Gasteiger partial charge on any atom is -0.495 e. The van der Waals surface area contributed by atoms with Crippen molar-refractivity contribution < 1.29 is 14.3 Å². The Kier molecular flexibility index (Phi) is 8.43. The number of anilines is 2. The maximum absolute atomic E-state index is 12.4. The van der Waals surface area contributed by atoms with Crippen molar-refractivity contribution in [1.82, 2.24) is 20.0 Å². The first kappa shape index (κ1) is 25.3. The molecule has 0 aliphatic carbocycles. The molecule has 0 fully saturated rings. The lowest BCUT2D eigenvalue weighted by molar-refractivity contribution is -0.136. The third kappa shape index (κ3) is 6.37. The number of nitrogens with zero attached hydrogens (tertiary/aromatic N) is 4. The standard InChI is InChI=1S/C25H29N7O3/c1-31(2)16-17-11-12-22(35-3)21(14-17)29-25(34)24(33)28-13-7-10-20-19(15-26)23(27)32(30-20)18-8-5-4-6-9-18/h4-6,8-9,11-12,14H,7,10,13,16,27H2,1-3H3,(H,28,33)(H,29,34). The van der Waals surface area contributed by atoms with Gasteiger partial charge in [-0.15, -0.1) is 0 Å². The van der Waals surface area contributed by atoms with Crippen LogP contribution in [0.5, 0.6) is 5.75 Å². The maximum Gasteiger partial charge on any atom is 0.313 e. The van der Waals surface area contributed by atoms with Gasteiger partial charge < -0.3 is 26.0 Å². The van der Waals surface area contributed by atoms with Gasteiger partial charge in [0.25, 0.3) is 0 Å². The van der Waals surface area contributed by atoms with E-state index >= 15 is 0 Å². The highest BCUT2D eigenvalue weighted by Gasteiger charge is 2.18. The Balaban J connectivity index is 1.57. The third-order valence-corrected chi connectivity index (χ3v) is 5.20. The molecule has 0 radical (unpaired) electrons. The van der Waals surface area contributed by atoms with Crippen LogP contribution in [-0.2, 0) is 22.6 Å². The van der Waals surface area contributed by atoms with Gasteiger partial charge in [0.15, 0.2) is 0 Å². The highest BCUT2D eigenvalue weighted by atomic mass is 16.5. The number of nitriles is 1. The van der Waals surface area contributed by atoms with Gasteiger partial charge in [-0.1, -0.05) is 24.3 Å². The summed E-state index contributed by atoms with van der Waals surface area (Å²) in [4.78, 5) is 26.7. The molecule has 2 aromatic carbocycles. The van der Waals surface area contributed by atoms with E-state index in [1.807, 2.05) is 55.4 Å². The minimum atomic E-state index is -0.791. The number of hydrogen-bond donors (Lipinski definition) is 3. The Morgan fingerprint density at radius 2 is 1.91 bits per heavy atom. The smallest absolute Gasteiger partial charge is 0.313 e. The second-order valence-corrected chi connectivity index (χ2v) is 8.15. The fourth-order valence-electron chi connectivity index (χ4n) is 3.57. The van der Waals surface area contributed by atoms with Crippen LogP contribution in [0.15, 0.2) is 48.5 Å². The topological polar surface area (TPSA) is 138 Å². The summed E-state index contributed by atoms with van der Waals surface area (Å²) in [5.74, 6) is -0.827. The van der Waals surface area contributed by atoms with Crippen LogP contribution in [-0.4, -0.2) is 54.2 Å². The van der Waals surface area contributed by atoms with E-state index in [-0.39, 0.29) is 12.4 Å². The van der Waals surface area contributed by atoms with Crippen LogP contribution in [0, 0.1) is 11.3 Å². The second-order valence-electron chi connectivity index (χ2n) is 8.15. The summed E-state index contributed by atoms with van der Waals surface area (Å²) in [5, 5.41) is 19.2. The van der Waals surface area contributed by atoms with Crippen LogP contribution in [0.1, 0.15) is 23.2 Å². The molecule has 10 heteroatoms. The fraction of sp³-hybridized carbons (Fsp3) is 0.280. The van der Waals surface area contributed by atoms with Crippen molar-refractivity contribution in [1.29, 1.82) is 5.26 Å². The average molecular weight is 476 g/mol. The molecule has 1 heterocycles. The average Bonchev–Trinajstić information content (AvgIpc) is 3.17. The number of rotatable bonds is 9. The van der Waals surface area contributed by atoms with Gasteiger partial charge in [-0.2, -0.15) is 10.4 Å². The number of ether oxygens (including phenoxy) is 1. The lowest BCUT2D eigenvalue weighted by atomic mass is 10.1. The Morgan fingerprint density at radius 3 is 2.57 bits per heavy atom. The quantitative estimate of drug-likeness (QED) is 0.318. The Labute approximate surface area is 204 Å². The molecule has 1 aromatic heterocycles. The van der Waals surface area contributed by atoms with Crippen LogP contribution in [0.4, 0.5) is 11.5 Å². The van der Waals surface area contributed by atoms with Crippen molar-refractivity contribution in [3.63, 3.8) is 0 Å². The molecule has 0 unspecified atom stereocenters. The lowest BCUT2D eigenvalue weighted by Crippen LogP contribution is -2.36. The van der Waals surface area contributed by atoms with E-state index in [4.69, 9.17) is 10.5 Å². The summed E-state index contributed by atoms with van der Waals surface area (Å²) in [5.41, 5.74) is 9.10. The number of amides is 2. The first-order chi connectivity index (χ1) is 16.8. The number of carbonyl (C=O) groups is 2. The van der Waals surface area contributed by atoms with E-state index in [0.717, 1.165) is 11.3 Å². The highest BCUT2D eigenvalue weighted by molar-refractivity contribution is 6.39. The number of methoxy groups -OCH3 is 1. The molecule has 4 N–H and O–H groups in total. The van der Waals surface area contributed by atoms with Crippen LogP contribution in [0.25, 0.3) is 5.69 Å². The molecule has 0 atom stereocenters. The number of nitrogens with one attached hydrogen (secondary N) is 2. The fourth-order valence-corrected chi connectivity index (χ4v) is 3.57. The SMILES string of the molecule is COc1ccc(CN(C)C)cc1NC(=O)C(=O)NCCCc1nn(-c2ccccc2)c(N)c1C#N. The van der Waals surface area contributed by atoms with Gasteiger partial charge in [0.05, 0.1) is 24.2 Å². The summed E-state index contributed by atoms with van der Waals surface area (Å²) in [6.07, 6.45) is 0.885. The van der Waals surface area contributed by atoms with Gasteiger partial charge in [-0.05, 0) is 56.8 Å². The molecule has 0 aliphatic rings. The maximum atomic E-state index is 12.4. The van der Waals surface area contributed by atoms with Crippen molar-refractivity contribution in [3.05, 3.63) is 65.4 Å².